The molecule has 4 rings (SSSR count). The third kappa shape index (κ3) is 4.89. The summed E-state index contributed by atoms with van der Waals surface area (Å²) in [6.07, 6.45) is -3.15. The molecule has 0 unspecified atom stereocenters. The summed E-state index contributed by atoms with van der Waals surface area (Å²) in [6.45, 7) is 2.17. The van der Waals surface area contributed by atoms with Gasteiger partial charge in [-0.15, -0.1) is 13.2 Å². The molecule has 0 saturated heterocycles. The molecule has 33 heavy (non-hydrogen) atoms. The van der Waals surface area contributed by atoms with Gasteiger partial charge in [0.05, 0.1) is 20.8 Å². The largest absolute Gasteiger partial charge is 0.573 e. The van der Waals surface area contributed by atoms with Gasteiger partial charge >= 0.3 is 6.36 Å². The first-order chi connectivity index (χ1) is 15.8. The zero-order chi connectivity index (χ0) is 23.6. The molecule has 0 atom stereocenters. The van der Waals surface area contributed by atoms with Gasteiger partial charge in [-0.2, -0.15) is 10.1 Å². The summed E-state index contributed by atoms with van der Waals surface area (Å²) in [5.74, 6) is 1.08. The lowest BCUT2D eigenvalue weighted by Gasteiger charge is -2.12. The number of rotatable bonds is 7. The van der Waals surface area contributed by atoms with Crippen LogP contribution in [0.25, 0.3) is 23.0 Å². The number of hydrogen-bond acceptors (Lipinski definition) is 8. The van der Waals surface area contributed by atoms with E-state index in [-0.39, 0.29) is 17.5 Å². The maximum absolute atomic E-state index is 12.3. The molecule has 12 heteroatoms. The Morgan fingerprint density at radius 2 is 1.82 bits per heavy atom. The Hall–Kier alpha value is -4.09. The van der Waals surface area contributed by atoms with E-state index in [1.807, 2.05) is 6.92 Å². The molecule has 1 aromatic carbocycles. The van der Waals surface area contributed by atoms with Gasteiger partial charge in [0.1, 0.15) is 11.4 Å². The molecule has 0 spiro atoms. The molecule has 0 bridgehead atoms. The van der Waals surface area contributed by atoms with Crippen LogP contribution < -0.4 is 14.2 Å². The van der Waals surface area contributed by atoms with Crippen molar-refractivity contribution in [2.45, 2.75) is 19.8 Å². The molecule has 0 N–H and O–H groups in total. The van der Waals surface area contributed by atoms with Crippen molar-refractivity contribution in [2.75, 3.05) is 14.2 Å². The van der Waals surface area contributed by atoms with Crippen molar-refractivity contribution in [2.24, 2.45) is 0 Å². The second-order valence-corrected chi connectivity index (χ2v) is 6.82. The first-order valence-electron chi connectivity index (χ1n) is 9.58. The number of benzene rings is 1. The van der Waals surface area contributed by atoms with E-state index in [0.29, 0.717) is 35.0 Å². The van der Waals surface area contributed by atoms with Crippen LogP contribution in [-0.4, -0.2) is 45.5 Å². The maximum Gasteiger partial charge on any atom is 0.573 e. The van der Waals surface area contributed by atoms with Gasteiger partial charge in [0.15, 0.2) is 17.2 Å². The van der Waals surface area contributed by atoms with Gasteiger partial charge in [-0.3, -0.25) is 9.67 Å². The van der Waals surface area contributed by atoms with Crippen molar-refractivity contribution in [1.82, 2.24) is 24.9 Å². The molecule has 172 valence electrons. The van der Waals surface area contributed by atoms with E-state index >= 15 is 0 Å². The van der Waals surface area contributed by atoms with Gasteiger partial charge in [-0.25, -0.2) is 0 Å². The number of aryl methyl sites for hydroxylation is 1. The molecular formula is C21H18F3N5O4. The summed E-state index contributed by atoms with van der Waals surface area (Å²) in [4.78, 5) is 8.65. The molecule has 0 saturated carbocycles. The Balaban J connectivity index is 1.55. The fourth-order valence-electron chi connectivity index (χ4n) is 3.13. The quantitative estimate of drug-likeness (QED) is 0.403. The van der Waals surface area contributed by atoms with E-state index in [4.69, 9.17) is 14.0 Å². The van der Waals surface area contributed by atoms with Crippen molar-refractivity contribution in [3.8, 4) is 40.2 Å². The average Bonchev–Trinajstić information content (AvgIpc) is 3.40. The number of ether oxygens (including phenoxy) is 3. The lowest BCUT2D eigenvalue weighted by atomic mass is 10.2. The highest BCUT2D eigenvalue weighted by atomic mass is 19.4. The highest BCUT2D eigenvalue weighted by Crippen LogP contribution is 2.30. The molecular weight excluding hydrogens is 443 g/mol. The normalized spacial score (nSPS) is 11.5. The average molecular weight is 461 g/mol. The third-order valence-electron chi connectivity index (χ3n) is 4.64. The summed E-state index contributed by atoms with van der Waals surface area (Å²) in [5.41, 5.74) is 2.33. The van der Waals surface area contributed by atoms with Crippen LogP contribution in [-0.2, 0) is 6.54 Å². The van der Waals surface area contributed by atoms with Crippen molar-refractivity contribution in [1.29, 1.82) is 0 Å². The van der Waals surface area contributed by atoms with Gasteiger partial charge in [-0.05, 0) is 37.3 Å². The van der Waals surface area contributed by atoms with Crippen molar-refractivity contribution in [3.05, 3.63) is 54.0 Å². The summed E-state index contributed by atoms with van der Waals surface area (Å²) in [6, 6.07) is 8.62. The fourth-order valence-corrected chi connectivity index (χ4v) is 3.13. The highest BCUT2D eigenvalue weighted by Gasteiger charge is 2.31. The van der Waals surface area contributed by atoms with Crippen LogP contribution in [0.15, 0.2) is 47.1 Å². The molecule has 0 fully saturated rings. The predicted molar refractivity (Wildman–Crippen MR) is 109 cm³/mol. The van der Waals surface area contributed by atoms with Crippen LogP contribution in [0.1, 0.15) is 11.4 Å². The standard InChI is InChI=1S/C21H18F3N5O4/c1-12-10-15(27-29(12)11-16-18(31-3)17(30-2)8-9-25-16)20-26-19(28-33-20)13-4-6-14(7-5-13)32-21(22,23)24/h4-10H,11H2,1-3H3. The van der Waals surface area contributed by atoms with Crippen LogP contribution >= 0.6 is 0 Å². The van der Waals surface area contributed by atoms with Crippen molar-refractivity contribution < 1.29 is 31.9 Å². The number of aromatic nitrogens is 5. The lowest BCUT2D eigenvalue weighted by molar-refractivity contribution is -0.274. The van der Waals surface area contributed by atoms with Gasteiger partial charge < -0.3 is 18.7 Å². The summed E-state index contributed by atoms with van der Waals surface area (Å²) in [7, 11) is 3.08. The van der Waals surface area contributed by atoms with Crippen LogP contribution in [0.3, 0.4) is 0 Å². The molecule has 0 aliphatic rings. The minimum absolute atomic E-state index is 0.160. The highest BCUT2D eigenvalue weighted by molar-refractivity contribution is 5.59. The smallest absolute Gasteiger partial charge is 0.493 e. The molecule has 0 aliphatic heterocycles. The number of nitrogens with zero attached hydrogens (tertiary/aromatic N) is 5. The topological polar surface area (TPSA) is 97.3 Å². The van der Waals surface area contributed by atoms with E-state index < -0.39 is 6.36 Å². The number of methoxy groups -OCH3 is 2. The Kier molecular flexibility index (Phi) is 5.90. The zero-order valence-corrected chi connectivity index (χ0v) is 17.8. The minimum Gasteiger partial charge on any atom is -0.493 e. The summed E-state index contributed by atoms with van der Waals surface area (Å²) < 4.78 is 58.6. The van der Waals surface area contributed by atoms with Crippen molar-refractivity contribution in [3.63, 3.8) is 0 Å². The lowest BCUT2D eigenvalue weighted by Crippen LogP contribution is -2.16. The predicted octanol–water partition coefficient (Wildman–Crippen LogP) is 4.27. The van der Waals surface area contributed by atoms with E-state index in [0.717, 1.165) is 5.69 Å². The molecule has 4 aromatic rings. The second-order valence-electron chi connectivity index (χ2n) is 6.82. The fraction of sp³-hybridized carbons (Fsp3) is 0.238. The monoisotopic (exact) mass is 461 g/mol. The van der Waals surface area contributed by atoms with Crippen LogP contribution in [0.4, 0.5) is 13.2 Å². The van der Waals surface area contributed by atoms with Gasteiger partial charge in [-0.1, -0.05) is 5.16 Å². The minimum atomic E-state index is -4.76. The van der Waals surface area contributed by atoms with E-state index in [1.54, 1.807) is 30.1 Å². The Labute approximate surface area is 185 Å². The Morgan fingerprint density at radius 1 is 1.06 bits per heavy atom. The van der Waals surface area contributed by atoms with Gasteiger partial charge in [0.25, 0.3) is 5.89 Å². The first kappa shape index (κ1) is 22.1. The first-order valence-corrected chi connectivity index (χ1v) is 9.58. The molecule has 0 radical (unpaired) electrons. The zero-order valence-electron chi connectivity index (χ0n) is 17.8. The van der Waals surface area contributed by atoms with E-state index in [2.05, 4.69) is 25.0 Å². The maximum atomic E-state index is 12.3. The third-order valence-corrected chi connectivity index (χ3v) is 4.64. The number of pyridine rings is 1. The number of halogens is 3. The number of alkyl halides is 3. The molecule has 3 aromatic heterocycles. The Morgan fingerprint density at radius 3 is 2.48 bits per heavy atom. The number of hydrogen-bond donors (Lipinski definition) is 0. The van der Waals surface area contributed by atoms with Crippen LogP contribution in [0.2, 0.25) is 0 Å². The summed E-state index contributed by atoms with van der Waals surface area (Å²) >= 11 is 0. The molecule has 0 aliphatic carbocycles. The second kappa shape index (κ2) is 8.81. The van der Waals surface area contributed by atoms with Crippen molar-refractivity contribution >= 4 is 0 Å². The Bertz CT molecular complexity index is 1250. The molecule has 9 nitrogen and oxygen atoms in total. The van der Waals surface area contributed by atoms with Crippen LogP contribution in [0, 0.1) is 6.92 Å². The van der Waals surface area contributed by atoms with E-state index in [9.17, 15) is 13.2 Å². The summed E-state index contributed by atoms with van der Waals surface area (Å²) in [5, 5.41) is 8.40. The molecule has 3 heterocycles. The van der Waals surface area contributed by atoms with E-state index in [1.165, 1.54) is 31.4 Å². The SMILES string of the molecule is COc1ccnc(Cn2nc(-c3nc(-c4ccc(OC(F)(F)F)cc4)no3)cc2C)c1OC. The molecule has 0 amide bonds. The van der Waals surface area contributed by atoms with Crippen LogP contribution in [0.5, 0.6) is 17.2 Å². The van der Waals surface area contributed by atoms with Gasteiger partial charge in [0, 0.05) is 23.5 Å². The van der Waals surface area contributed by atoms with Gasteiger partial charge in [0.2, 0.25) is 5.82 Å².